The summed E-state index contributed by atoms with van der Waals surface area (Å²) in [6, 6.07) is 13.0. The van der Waals surface area contributed by atoms with Crippen molar-refractivity contribution < 1.29 is 4.39 Å². The van der Waals surface area contributed by atoms with Gasteiger partial charge in [-0.15, -0.1) is 10.2 Å². The zero-order valence-corrected chi connectivity index (χ0v) is 21.4. The fraction of sp³-hybridized carbons (Fsp3) is 0.357. The SMILES string of the molecule is C=C(CC(C)(C)C)N(CC(C)(C)c1ncccc1F)c1ccc(-c2ccc3[nH]c(C)nc3c2)nn1. The van der Waals surface area contributed by atoms with Gasteiger partial charge in [-0.2, -0.15) is 0 Å². The van der Waals surface area contributed by atoms with Crippen molar-refractivity contribution in [1.82, 2.24) is 25.1 Å². The van der Waals surface area contributed by atoms with Crippen LogP contribution < -0.4 is 4.90 Å². The molecule has 1 N–H and O–H groups in total. The molecule has 3 heterocycles. The number of H-pyrrole nitrogens is 1. The third kappa shape index (κ3) is 5.56. The van der Waals surface area contributed by atoms with Gasteiger partial charge in [-0.05, 0) is 55.2 Å². The maximum atomic E-state index is 14.6. The number of anilines is 1. The zero-order valence-electron chi connectivity index (χ0n) is 21.4. The van der Waals surface area contributed by atoms with Crippen LogP contribution in [0.3, 0.4) is 0 Å². The van der Waals surface area contributed by atoms with Gasteiger partial charge in [0, 0.05) is 29.4 Å². The van der Waals surface area contributed by atoms with E-state index in [1.54, 1.807) is 12.3 Å². The van der Waals surface area contributed by atoms with Gasteiger partial charge in [0.2, 0.25) is 0 Å². The Bertz CT molecular complexity index is 1350. The molecule has 0 aliphatic rings. The van der Waals surface area contributed by atoms with Crippen molar-refractivity contribution in [2.75, 3.05) is 11.4 Å². The van der Waals surface area contributed by atoms with Gasteiger partial charge < -0.3 is 9.88 Å². The van der Waals surface area contributed by atoms with Crippen molar-refractivity contribution in [2.24, 2.45) is 5.41 Å². The van der Waals surface area contributed by atoms with Crippen LogP contribution >= 0.6 is 0 Å². The first kappa shape index (κ1) is 24.5. The molecule has 4 rings (SSSR count). The van der Waals surface area contributed by atoms with Gasteiger partial charge in [-0.25, -0.2) is 9.37 Å². The monoisotopic (exact) mass is 472 g/mol. The molecule has 0 saturated heterocycles. The zero-order chi connectivity index (χ0) is 25.4. The van der Waals surface area contributed by atoms with Crippen LogP contribution in [-0.4, -0.2) is 31.7 Å². The smallest absolute Gasteiger partial charge is 0.155 e. The minimum absolute atomic E-state index is 0.0280. The third-order valence-corrected chi connectivity index (χ3v) is 5.89. The molecule has 35 heavy (non-hydrogen) atoms. The number of benzene rings is 1. The van der Waals surface area contributed by atoms with E-state index in [2.05, 4.69) is 52.5 Å². The summed E-state index contributed by atoms with van der Waals surface area (Å²) in [4.78, 5) is 14.1. The number of aromatic nitrogens is 5. The third-order valence-electron chi connectivity index (χ3n) is 5.89. The summed E-state index contributed by atoms with van der Waals surface area (Å²) in [6.07, 6.45) is 2.38. The van der Waals surface area contributed by atoms with E-state index in [0.29, 0.717) is 18.1 Å². The van der Waals surface area contributed by atoms with Crippen molar-refractivity contribution in [3.8, 4) is 11.3 Å². The number of pyridine rings is 1. The largest absolute Gasteiger partial charge is 0.342 e. The van der Waals surface area contributed by atoms with Crippen LogP contribution in [0, 0.1) is 18.2 Å². The second kappa shape index (κ2) is 9.21. The molecular weight excluding hydrogens is 439 g/mol. The van der Waals surface area contributed by atoms with E-state index in [0.717, 1.165) is 40.2 Å². The van der Waals surface area contributed by atoms with Gasteiger partial charge in [0.15, 0.2) is 5.82 Å². The number of fused-ring (bicyclic) bond motifs is 1. The highest BCUT2D eigenvalue weighted by Gasteiger charge is 2.31. The Labute approximate surface area is 206 Å². The van der Waals surface area contributed by atoms with Gasteiger partial charge >= 0.3 is 0 Å². The van der Waals surface area contributed by atoms with E-state index < -0.39 is 5.41 Å². The van der Waals surface area contributed by atoms with Gasteiger partial charge in [0.25, 0.3) is 0 Å². The summed E-state index contributed by atoms with van der Waals surface area (Å²) in [7, 11) is 0. The highest BCUT2D eigenvalue weighted by Crippen LogP contribution is 2.33. The molecule has 7 heteroatoms. The minimum Gasteiger partial charge on any atom is -0.342 e. The molecule has 182 valence electrons. The van der Waals surface area contributed by atoms with Crippen molar-refractivity contribution >= 4 is 16.9 Å². The molecule has 0 radical (unpaired) electrons. The summed E-state index contributed by atoms with van der Waals surface area (Å²) >= 11 is 0. The number of aromatic amines is 1. The minimum atomic E-state index is -0.588. The van der Waals surface area contributed by atoms with Crippen LogP contribution in [0.5, 0.6) is 0 Å². The first-order chi connectivity index (χ1) is 16.4. The van der Waals surface area contributed by atoms with Gasteiger partial charge in [-0.3, -0.25) is 4.98 Å². The van der Waals surface area contributed by atoms with E-state index >= 15 is 0 Å². The summed E-state index contributed by atoms with van der Waals surface area (Å²) in [6.45, 7) is 17.2. The summed E-state index contributed by atoms with van der Waals surface area (Å²) in [5, 5.41) is 9.09. The van der Waals surface area contributed by atoms with E-state index in [9.17, 15) is 4.39 Å². The number of allylic oxidation sites excluding steroid dienone is 1. The first-order valence-electron chi connectivity index (χ1n) is 11.8. The first-order valence-corrected chi connectivity index (χ1v) is 11.8. The lowest BCUT2D eigenvalue weighted by atomic mass is 9.86. The van der Waals surface area contributed by atoms with Crippen molar-refractivity contribution in [1.29, 1.82) is 0 Å². The Morgan fingerprint density at radius 2 is 1.83 bits per heavy atom. The number of nitrogens with zero attached hydrogens (tertiary/aromatic N) is 5. The van der Waals surface area contributed by atoms with Crippen LogP contribution in [0.4, 0.5) is 10.2 Å². The molecular formula is C28H33FN6. The van der Waals surface area contributed by atoms with Crippen molar-refractivity contribution in [2.45, 2.75) is 53.4 Å². The molecule has 0 saturated carbocycles. The van der Waals surface area contributed by atoms with Crippen molar-refractivity contribution in [3.63, 3.8) is 0 Å². The number of hydrogen-bond acceptors (Lipinski definition) is 5. The lowest BCUT2D eigenvalue weighted by Crippen LogP contribution is -2.39. The van der Waals surface area contributed by atoms with Gasteiger partial charge in [0.1, 0.15) is 11.6 Å². The van der Waals surface area contributed by atoms with E-state index in [-0.39, 0.29) is 11.2 Å². The molecule has 0 aliphatic carbocycles. The molecule has 1 aromatic carbocycles. The molecule has 0 bridgehead atoms. The Morgan fingerprint density at radius 1 is 1.06 bits per heavy atom. The molecule has 3 aromatic heterocycles. The lowest BCUT2D eigenvalue weighted by Gasteiger charge is -2.36. The predicted octanol–water partition coefficient (Wildman–Crippen LogP) is 6.60. The van der Waals surface area contributed by atoms with Crippen LogP contribution in [0.2, 0.25) is 0 Å². The molecule has 0 unspecified atom stereocenters. The highest BCUT2D eigenvalue weighted by atomic mass is 19.1. The highest BCUT2D eigenvalue weighted by molar-refractivity contribution is 5.81. The Hall–Kier alpha value is -3.61. The number of imidazole rings is 1. The summed E-state index contributed by atoms with van der Waals surface area (Å²) in [5.41, 5.74) is 4.34. The van der Waals surface area contributed by atoms with Crippen molar-refractivity contribution in [3.05, 3.63) is 78.3 Å². The molecule has 6 nitrogen and oxygen atoms in total. The van der Waals surface area contributed by atoms with Gasteiger partial charge in [-0.1, -0.05) is 47.3 Å². The number of nitrogens with one attached hydrogen (secondary N) is 1. The second-order valence-corrected chi connectivity index (χ2v) is 10.9. The number of aryl methyl sites for hydroxylation is 1. The lowest BCUT2D eigenvalue weighted by molar-refractivity contribution is 0.396. The average Bonchev–Trinajstić information content (AvgIpc) is 3.16. The fourth-order valence-corrected chi connectivity index (χ4v) is 4.33. The summed E-state index contributed by atoms with van der Waals surface area (Å²) < 4.78 is 14.6. The summed E-state index contributed by atoms with van der Waals surface area (Å²) in [5.74, 6) is 1.23. The topological polar surface area (TPSA) is 70.6 Å². The molecule has 0 fully saturated rings. The quantitative estimate of drug-likeness (QED) is 0.328. The Kier molecular flexibility index (Phi) is 6.45. The van der Waals surface area contributed by atoms with Crippen LogP contribution in [0.15, 0.2) is 60.9 Å². The standard InChI is InChI=1S/C28H33FN6/c1-18(16-27(3,4)5)35(17-28(6,7)26-21(29)9-8-14-30-26)25-13-12-22(33-34-25)20-10-11-23-24(15-20)32-19(2)31-23/h8-15H,1,16-17H2,2-7H3,(H,31,32). The Balaban J connectivity index is 1.67. The van der Waals surface area contributed by atoms with Crippen LogP contribution in [0.25, 0.3) is 22.3 Å². The molecule has 0 atom stereocenters. The maximum absolute atomic E-state index is 14.6. The van der Waals surface area contributed by atoms with E-state index in [1.807, 2.05) is 56.0 Å². The number of halogens is 1. The van der Waals surface area contributed by atoms with Gasteiger partial charge in [0.05, 0.1) is 22.4 Å². The predicted molar refractivity (Wildman–Crippen MR) is 140 cm³/mol. The molecule has 0 amide bonds. The second-order valence-electron chi connectivity index (χ2n) is 10.9. The Morgan fingerprint density at radius 3 is 2.49 bits per heavy atom. The molecule has 0 aliphatic heterocycles. The fourth-order valence-electron chi connectivity index (χ4n) is 4.33. The molecule has 4 aromatic rings. The van der Waals surface area contributed by atoms with E-state index in [4.69, 9.17) is 0 Å². The van der Waals surface area contributed by atoms with Crippen LogP contribution in [0.1, 0.15) is 52.6 Å². The number of rotatable bonds is 7. The average molecular weight is 473 g/mol. The van der Waals surface area contributed by atoms with E-state index in [1.165, 1.54) is 6.07 Å². The normalized spacial score (nSPS) is 12.2. The molecule has 0 spiro atoms. The maximum Gasteiger partial charge on any atom is 0.155 e. The number of hydrogen-bond donors (Lipinski definition) is 1. The van der Waals surface area contributed by atoms with Crippen LogP contribution in [-0.2, 0) is 5.41 Å².